The second kappa shape index (κ2) is 3.51. The van der Waals surface area contributed by atoms with Crippen LogP contribution < -0.4 is 0 Å². The lowest BCUT2D eigenvalue weighted by Gasteiger charge is -1.94. The topological polar surface area (TPSA) is 23.8 Å². The van der Waals surface area contributed by atoms with Crippen LogP contribution in [-0.4, -0.2) is 0 Å². The van der Waals surface area contributed by atoms with E-state index in [1.54, 1.807) is 24.3 Å². The molecule has 0 N–H and O–H groups in total. The third-order valence-electron chi connectivity index (χ3n) is 2.68. The van der Waals surface area contributed by atoms with Gasteiger partial charge >= 0.3 is 0 Å². The van der Waals surface area contributed by atoms with E-state index in [0.29, 0.717) is 20.2 Å². The summed E-state index contributed by atoms with van der Waals surface area (Å²) >= 11 is 1.04. The van der Waals surface area contributed by atoms with Gasteiger partial charge in [0.2, 0.25) is 0 Å². The number of nitriles is 1. The molecule has 3 rings (SSSR count). The number of halogens is 2. The van der Waals surface area contributed by atoms with Gasteiger partial charge in [-0.05, 0) is 12.1 Å². The molecule has 0 aliphatic rings. The van der Waals surface area contributed by atoms with Crippen molar-refractivity contribution >= 4 is 31.5 Å². The third kappa shape index (κ3) is 1.33. The first kappa shape index (κ1) is 10.2. The molecule has 0 saturated carbocycles. The maximum atomic E-state index is 13.9. The molecule has 0 atom stereocenters. The zero-order chi connectivity index (χ0) is 12.0. The Hall–Kier alpha value is -1.99. The van der Waals surface area contributed by atoms with Crippen LogP contribution in [-0.2, 0) is 0 Å². The fourth-order valence-corrected chi connectivity index (χ4v) is 3.03. The van der Waals surface area contributed by atoms with Crippen molar-refractivity contribution in [2.24, 2.45) is 0 Å². The normalized spacial score (nSPS) is 10.9. The minimum Gasteiger partial charge on any atom is -0.205 e. The number of benzene rings is 2. The van der Waals surface area contributed by atoms with Gasteiger partial charge in [0.25, 0.3) is 0 Å². The number of fused-ring (bicyclic) bond motifs is 3. The first-order chi connectivity index (χ1) is 8.22. The highest BCUT2D eigenvalue weighted by Crippen LogP contribution is 2.37. The number of rotatable bonds is 0. The predicted molar refractivity (Wildman–Crippen MR) is 64.0 cm³/mol. The van der Waals surface area contributed by atoms with Crippen molar-refractivity contribution in [2.75, 3.05) is 0 Å². The van der Waals surface area contributed by atoms with Crippen LogP contribution in [0.3, 0.4) is 0 Å². The summed E-state index contributed by atoms with van der Waals surface area (Å²) in [6, 6.07) is 9.57. The molecule has 0 saturated heterocycles. The quantitative estimate of drug-likeness (QED) is 0.582. The summed E-state index contributed by atoms with van der Waals surface area (Å²) in [4.78, 5) is 0. The van der Waals surface area contributed by atoms with Gasteiger partial charge in [0.15, 0.2) is 5.82 Å². The van der Waals surface area contributed by atoms with Crippen LogP contribution in [0.5, 0.6) is 0 Å². The molecule has 0 fully saturated rings. The smallest absolute Gasteiger partial charge is 0.158 e. The molecule has 0 unspecified atom stereocenters. The van der Waals surface area contributed by atoms with E-state index in [1.165, 1.54) is 12.1 Å². The first-order valence-corrected chi connectivity index (χ1v) is 5.73. The van der Waals surface area contributed by atoms with Gasteiger partial charge in [0.05, 0.1) is 15.0 Å². The Labute approximate surface area is 99.5 Å². The minimum absolute atomic E-state index is 0.00976. The van der Waals surface area contributed by atoms with Crippen LogP contribution in [0, 0.1) is 23.0 Å². The van der Waals surface area contributed by atoms with E-state index in [4.69, 9.17) is 5.26 Å². The van der Waals surface area contributed by atoms with Gasteiger partial charge < -0.3 is 0 Å². The average molecular weight is 245 g/mol. The molecular weight excluding hydrogens is 240 g/mol. The van der Waals surface area contributed by atoms with Gasteiger partial charge in [0.1, 0.15) is 11.9 Å². The zero-order valence-corrected chi connectivity index (χ0v) is 9.31. The minimum atomic E-state index is -0.564. The highest BCUT2D eigenvalue weighted by Gasteiger charge is 2.14. The summed E-state index contributed by atoms with van der Waals surface area (Å²) in [6.07, 6.45) is 0. The largest absolute Gasteiger partial charge is 0.205 e. The molecule has 0 bridgehead atoms. The summed E-state index contributed by atoms with van der Waals surface area (Å²) < 4.78 is 28.2. The molecule has 1 nitrogen and oxygen atoms in total. The Kier molecular flexibility index (Phi) is 2.10. The van der Waals surface area contributed by atoms with Crippen LogP contribution in [0.25, 0.3) is 20.2 Å². The van der Waals surface area contributed by atoms with E-state index < -0.39 is 5.82 Å². The fourth-order valence-electron chi connectivity index (χ4n) is 1.88. The highest BCUT2D eigenvalue weighted by atomic mass is 32.1. The Balaban J connectivity index is 2.57. The van der Waals surface area contributed by atoms with Crippen molar-refractivity contribution in [1.29, 1.82) is 5.26 Å². The van der Waals surface area contributed by atoms with Crippen LogP contribution >= 0.6 is 11.3 Å². The number of thiophene rings is 1. The maximum Gasteiger partial charge on any atom is 0.158 e. The van der Waals surface area contributed by atoms with E-state index in [0.717, 1.165) is 11.3 Å². The van der Waals surface area contributed by atoms with Gasteiger partial charge in [-0.25, -0.2) is 8.78 Å². The van der Waals surface area contributed by atoms with Crippen LogP contribution in [0.4, 0.5) is 8.78 Å². The third-order valence-corrected chi connectivity index (χ3v) is 3.90. The molecule has 1 aromatic heterocycles. The van der Waals surface area contributed by atoms with Gasteiger partial charge in [-0.15, -0.1) is 11.3 Å². The van der Waals surface area contributed by atoms with Crippen molar-refractivity contribution < 1.29 is 8.78 Å². The van der Waals surface area contributed by atoms with Gasteiger partial charge in [0, 0.05) is 10.8 Å². The lowest BCUT2D eigenvalue weighted by atomic mass is 10.1. The molecule has 2 aromatic carbocycles. The summed E-state index contributed by atoms with van der Waals surface area (Å²) in [5.74, 6) is -0.924. The number of nitrogens with zero attached hydrogens (tertiary/aromatic N) is 1. The Morgan fingerprint density at radius 1 is 1.00 bits per heavy atom. The molecule has 4 heteroatoms. The predicted octanol–water partition coefficient (Wildman–Crippen LogP) is 4.20. The lowest BCUT2D eigenvalue weighted by molar-refractivity contribution is 0.638. The molecule has 0 aliphatic carbocycles. The van der Waals surface area contributed by atoms with E-state index >= 15 is 0 Å². The summed E-state index contributed by atoms with van der Waals surface area (Å²) in [6.45, 7) is 0. The van der Waals surface area contributed by atoms with E-state index in [-0.39, 0.29) is 11.4 Å². The molecule has 0 radical (unpaired) electrons. The van der Waals surface area contributed by atoms with Crippen molar-refractivity contribution in [3.05, 3.63) is 47.5 Å². The second-order valence-electron chi connectivity index (χ2n) is 3.63. The fraction of sp³-hybridized carbons (Fsp3) is 0. The number of hydrogen-bond donors (Lipinski definition) is 0. The Bertz CT molecular complexity index is 783. The van der Waals surface area contributed by atoms with E-state index in [9.17, 15) is 8.78 Å². The molecule has 17 heavy (non-hydrogen) atoms. The molecule has 0 spiro atoms. The SMILES string of the molecule is N#Cc1ccc2c(sc3c(F)cccc32)c1F. The van der Waals surface area contributed by atoms with E-state index in [1.807, 2.05) is 0 Å². The van der Waals surface area contributed by atoms with Crippen molar-refractivity contribution in [3.63, 3.8) is 0 Å². The summed E-state index contributed by atoms with van der Waals surface area (Å²) in [5, 5.41) is 10.1. The van der Waals surface area contributed by atoms with Crippen LogP contribution in [0.15, 0.2) is 30.3 Å². The second-order valence-corrected chi connectivity index (χ2v) is 4.65. The van der Waals surface area contributed by atoms with Gasteiger partial charge in [-0.2, -0.15) is 5.26 Å². The maximum absolute atomic E-state index is 13.9. The molecule has 82 valence electrons. The molecular formula is C13H5F2NS. The standard InChI is InChI=1S/C13H5F2NS/c14-10-3-1-2-8-9-5-4-7(6-16)11(15)13(9)17-12(8)10/h1-5H. The van der Waals surface area contributed by atoms with Crippen molar-refractivity contribution in [1.82, 2.24) is 0 Å². The Morgan fingerprint density at radius 3 is 2.53 bits per heavy atom. The van der Waals surface area contributed by atoms with E-state index in [2.05, 4.69) is 0 Å². The average Bonchev–Trinajstić information content (AvgIpc) is 2.71. The summed E-state index contributed by atoms with van der Waals surface area (Å²) in [7, 11) is 0. The first-order valence-electron chi connectivity index (χ1n) is 4.91. The molecule has 3 aromatic rings. The highest BCUT2D eigenvalue weighted by molar-refractivity contribution is 7.25. The number of hydrogen-bond acceptors (Lipinski definition) is 2. The monoisotopic (exact) mass is 245 g/mol. The Morgan fingerprint density at radius 2 is 1.76 bits per heavy atom. The van der Waals surface area contributed by atoms with Gasteiger partial charge in [-0.3, -0.25) is 0 Å². The summed E-state index contributed by atoms with van der Waals surface area (Å²) in [5.41, 5.74) is -0.00976. The van der Waals surface area contributed by atoms with Crippen LogP contribution in [0.2, 0.25) is 0 Å². The lowest BCUT2D eigenvalue weighted by Crippen LogP contribution is -1.81. The van der Waals surface area contributed by atoms with Crippen molar-refractivity contribution in [2.45, 2.75) is 0 Å². The van der Waals surface area contributed by atoms with Gasteiger partial charge in [-0.1, -0.05) is 18.2 Å². The molecule has 1 heterocycles. The van der Waals surface area contributed by atoms with Crippen molar-refractivity contribution in [3.8, 4) is 6.07 Å². The molecule has 0 amide bonds. The zero-order valence-electron chi connectivity index (χ0n) is 8.50. The van der Waals surface area contributed by atoms with Crippen LogP contribution in [0.1, 0.15) is 5.56 Å². The molecule has 0 aliphatic heterocycles.